The molecule has 1 rings (SSSR count). The number of rotatable bonds is 56. The highest BCUT2D eigenvalue weighted by Gasteiger charge is 2.23. The van der Waals surface area contributed by atoms with E-state index in [9.17, 15) is 4.79 Å². The van der Waals surface area contributed by atoms with E-state index in [1.54, 1.807) is 0 Å². The van der Waals surface area contributed by atoms with Gasteiger partial charge in [-0.2, -0.15) is 0 Å². The molecule has 0 bridgehead atoms. The largest absolute Gasteiger partial charge is 0.490 e. The molecular formula is C63H118O5. The van der Waals surface area contributed by atoms with E-state index in [1.807, 2.05) is 19.1 Å². The number of carbonyl (C=O) groups is 1. The highest BCUT2D eigenvalue weighted by atomic mass is 16.6. The molecule has 400 valence electrons. The van der Waals surface area contributed by atoms with E-state index in [-0.39, 0.29) is 5.97 Å². The Balaban J connectivity index is 2.56. The number of carbonyl (C=O) groups excluding carboxylic acids is 1. The van der Waals surface area contributed by atoms with Crippen LogP contribution < -0.4 is 14.2 Å². The minimum absolute atomic E-state index is 0.324. The second kappa shape index (κ2) is 52.9. The lowest BCUT2D eigenvalue weighted by molar-refractivity contribution is 0.0520. The molecule has 0 spiro atoms. The number of hydrogen-bond donors (Lipinski definition) is 0. The van der Waals surface area contributed by atoms with Crippen molar-refractivity contribution in [2.45, 2.75) is 336 Å². The summed E-state index contributed by atoms with van der Waals surface area (Å²) in [4.78, 5) is 13.3. The lowest BCUT2D eigenvalue weighted by atomic mass is 10.0. The summed E-state index contributed by atoms with van der Waals surface area (Å²) in [6.45, 7) is 10.9. The molecule has 0 aliphatic heterocycles. The lowest BCUT2D eigenvalue weighted by Crippen LogP contribution is -2.12. The first kappa shape index (κ1) is 64.1. The third-order valence-electron chi connectivity index (χ3n) is 14.3. The predicted octanol–water partition coefficient (Wildman–Crippen LogP) is 21.8. The Hall–Kier alpha value is -1.91. The van der Waals surface area contributed by atoms with Crippen molar-refractivity contribution in [3.8, 4) is 17.2 Å². The van der Waals surface area contributed by atoms with Crippen molar-refractivity contribution in [3.63, 3.8) is 0 Å². The molecule has 0 aliphatic rings. The topological polar surface area (TPSA) is 54.0 Å². The molecule has 0 saturated carbocycles. The van der Waals surface area contributed by atoms with Crippen LogP contribution in [0.4, 0.5) is 0 Å². The molecule has 5 nitrogen and oxygen atoms in total. The Kier molecular flexibility index (Phi) is 49.9. The highest BCUT2D eigenvalue weighted by molar-refractivity contribution is 5.94. The first-order valence-electron chi connectivity index (χ1n) is 30.9. The summed E-state index contributed by atoms with van der Waals surface area (Å²) in [7, 11) is 0. The van der Waals surface area contributed by atoms with Crippen LogP contribution in [0.5, 0.6) is 17.2 Å². The van der Waals surface area contributed by atoms with Crippen molar-refractivity contribution in [1.29, 1.82) is 0 Å². The summed E-state index contributed by atoms with van der Waals surface area (Å²) in [5, 5.41) is 0. The van der Waals surface area contributed by atoms with Gasteiger partial charge in [-0.15, -0.1) is 0 Å². The maximum Gasteiger partial charge on any atom is 0.342 e. The molecule has 0 unspecified atom stereocenters. The Morgan fingerprint density at radius 1 is 0.294 bits per heavy atom. The van der Waals surface area contributed by atoms with Crippen molar-refractivity contribution in [2.75, 3.05) is 26.4 Å². The van der Waals surface area contributed by atoms with Gasteiger partial charge in [-0.25, -0.2) is 4.79 Å². The van der Waals surface area contributed by atoms with Crippen LogP contribution in [0.3, 0.4) is 0 Å². The van der Waals surface area contributed by atoms with Gasteiger partial charge in [0.2, 0.25) is 5.75 Å². The molecule has 0 aromatic heterocycles. The van der Waals surface area contributed by atoms with E-state index in [0.717, 1.165) is 32.1 Å². The summed E-state index contributed by atoms with van der Waals surface area (Å²) < 4.78 is 25.1. The number of esters is 1. The van der Waals surface area contributed by atoms with Gasteiger partial charge in [0.05, 0.1) is 26.4 Å². The van der Waals surface area contributed by atoms with Crippen LogP contribution in [0, 0.1) is 0 Å². The molecule has 0 N–H and O–H groups in total. The molecule has 0 heterocycles. The van der Waals surface area contributed by atoms with Gasteiger partial charge in [0.15, 0.2) is 11.5 Å². The smallest absolute Gasteiger partial charge is 0.342 e. The fraction of sp³-hybridized carbons (Fsp3) is 0.889. The normalized spacial score (nSPS) is 11.4. The van der Waals surface area contributed by atoms with Gasteiger partial charge in [-0.1, -0.05) is 310 Å². The minimum Gasteiger partial charge on any atom is -0.490 e. The number of ether oxygens (including phenoxy) is 4. The molecule has 0 radical (unpaired) electrons. The van der Waals surface area contributed by atoms with Gasteiger partial charge >= 0.3 is 5.97 Å². The number of hydrogen-bond acceptors (Lipinski definition) is 5. The minimum atomic E-state index is -0.355. The summed E-state index contributed by atoms with van der Waals surface area (Å²) in [5.74, 6) is 1.43. The Labute approximate surface area is 425 Å². The molecule has 0 atom stereocenters. The molecule has 5 heteroatoms. The number of benzene rings is 1. The fourth-order valence-corrected chi connectivity index (χ4v) is 9.79. The molecule has 0 saturated heterocycles. The third kappa shape index (κ3) is 40.8. The summed E-state index contributed by atoms with van der Waals surface area (Å²) >= 11 is 0. The average Bonchev–Trinajstić information content (AvgIpc) is 3.34. The van der Waals surface area contributed by atoms with Crippen LogP contribution in [0.1, 0.15) is 346 Å². The molecule has 0 aliphatic carbocycles. The van der Waals surface area contributed by atoms with Crippen LogP contribution in [-0.4, -0.2) is 32.4 Å². The van der Waals surface area contributed by atoms with Gasteiger partial charge in [0.25, 0.3) is 0 Å². The molecular weight excluding hydrogens is 837 g/mol. The Morgan fingerprint density at radius 3 is 0.794 bits per heavy atom. The van der Waals surface area contributed by atoms with Crippen LogP contribution in [0.15, 0.2) is 12.1 Å². The zero-order valence-corrected chi connectivity index (χ0v) is 46.5. The van der Waals surface area contributed by atoms with Gasteiger partial charge in [-0.3, -0.25) is 0 Å². The van der Waals surface area contributed by atoms with Gasteiger partial charge in [-0.05, 0) is 38.3 Å². The maximum atomic E-state index is 13.3. The monoisotopic (exact) mass is 955 g/mol. The number of unbranched alkanes of at least 4 members (excludes halogenated alkanes) is 45. The van der Waals surface area contributed by atoms with Crippen LogP contribution in [0.25, 0.3) is 0 Å². The molecule has 1 aromatic carbocycles. The highest BCUT2D eigenvalue weighted by Crippen LogP contribution is 2.41. The van der Waals surface area contributed by atoms with Crippen molar-refractivity contribution in [1.82, 2.24) is 0 Å². The first-order chi connectivity index (χ1) is 33.7. The molecule has 0 amide bonds. The third-order valence-corrected chi connectivity index (χ3v) is 14.3. The SMILES string of the molecule is CCCCCCCCCCCCCCCCCCOc1ccc(C(=O)OCC)c(OCCCCCCCCCCCCCCCCCC)c1OCCCCCCCCCCCCCCCCCC. The van der Waals surface area contributed by atoms with Crippen LogP contribution in [-0.2, 0) is 4.74 Å². The first-order valence-corrected chi connectivity index (χ1v) is 30.9. The Bertz CT molecular complexity index is 1170. The van der Waals surface area contributed by atoms with Crippen molar-refractivity contribution in [3.05, 3.63) is 17.7 Å². The van der Waals surface area contributed by atoms with Gasteiger partial charge in [0.1, 0.15) is 5.56 Å². The Morgan fingerprint density at radius 2 is 0.529 bits per heavy atom. The standard InChI is InChI=1S/C63H118O5/c1-5-9-12-15-18-21-24-27-30-33-36-39-42-45-48-51-56-66-60-55-54-59(63(64)65-8-4)61(67-57-52-49-46-43-40-37-34-31-28-25-22-19-16-13-10-6-2)62(60)68-58-53-50-47-44-41-38-35-32-29-26-23-20-17-14-11-7-3/h54-55H,5-53,56-58H2,1-4H3. The van der Waals surface area contributed by atoms with Gasteiger partial charge in [0, 0.05) is 0 Å². The van der Waals surface area contributed by atoms with E-state index in [1.165, 1.54) is 276 Å². The van der Waals surface area contributed by atoms with E-state index in [4.69, 9.17) is 18.9 Å². The fourth-order valence-electron chi connectivity index (χ4n) is 9.79. The van der Waals surface area contributed by atoms with E-state index >= 15 is 0 Å². The van der Waals surface area contributed by atoms with Crippen LogP contribution in [0.2, 0.25) is 0 Å². The average molecular weight is 956 g/mol. The zero-order chi connectivity index (χ0) is 48.9. The van der Waals surface area contributed by atoms with Crippen molar-refractivity contribution in [2.24, 2.45) is 0 Å². The van der Waals surface area contributed by atoms with Crippen molar-refractivity contribution >= 4 is 5.97 Å². The lowest BCUT2D eigenvalue weighted by Gasteiger charge is -2.19. The maximum absolute atomic E-state index is 13.3. The predicted molar refractivity (Wildman–Crippen MR) is 298 cm³/mol. The second-order valence-electron chi connectivity index (χ2n) is 20.9. The zero-order valence-electron chi connectivity index (χ0n) is 46.5. The quantitative estimate of drug-likeness (QED) is 0.0481. The second-order valence-corrected chi connectivity index (χ2v) is 20.9. The molecule has 68 heavy (non-hydrogen) atoms. The van der Waals surface area contributed by atoms with E-state index < -0.39 is 0 Å². The van der Waals surface area contributed by atoms with Crippen LogP contribution >= 0.6 is 0 Å². The molecule has 1 aromatic rings. The van der Waals surface area contributed by atoms with E-state index in [2.05, 4.69) is 20.8 Å². The summed E-state index contributed by atoms with van der Waals surface area (Å²) in [5.41, 5.74) is 0.445. The van der Waals surface area contributed by atoms with E-state index in [0.29, 0.717) is 49.2 Å². The molecule has 0 fully saturated rings. The summed E-state index contributed by atoms with van der Waals surface area (Å²) in [6, 6.07) is 3.73. The van der Waals surface area contributed by atoms with Gasteiger partial charge < -0.3 is 18.9 Å². The summed E-state index contributed by atoms with van der Waals surface area (Å²) in [6.07, 6.45) is 64.5. The van der Waals surface area contributed by atoms with Crippen molar-refractivity contribution < 1.29 is 23.7 Å².